The van der Waals surface area contributed by atoms with E-state index in [0.717, 1.165) is 19.5 Å². The number of ether oxygens (including phenoxy) is 1. The van der Waals surface area contributed by atoms with Crippen molar-refractivity contribution in [2.45, 2.75) is 12.5 Å². The summed E-state index contributed by atoms with van der Waals surface area (Å²) >= 11 is 0. The number of pyridine rings is 1. The van der Waals surface area contributed by atoms with E-state index in [1.54, 1.807) is 43.6 Å². The summed E-state index contributed by atoms with van der Waals surface area (Å²) in [6, 6.07) is 12.8. The third-order valence-corrected chi connectivity index (χ3v) is 6.44. The van der Waals surface area contributed by atoms with E-state index in [2.05, 4.69) is 32.1 Å². The zero-order valence-corrected chi connectivity index (χ0v) is 21.1. The van der Waals surface area contributed by atoms with Crippen LogP contribution in [0.4, 0.5) is 21.7 Å². The second-order valence-corrected chi connectivity index (χ2v) is 9.21. The van der Waals surface area contributed by atoms with Gasteiger partial charge >= 0.3 is 0 Å². The van der Waals surface area contributed by atoms with Gasteiger partial charge in [-0.05, 0) is 55.4 Å². The Morgan fingerprint density at radius 2 is 2.05 bits per heavy atom. The van der Waals surface area contributed by atoms with E-state index in [1.807, 2.05) is 7.05 Å². The molecule has 1 aliphatic heterocycles. The number of hydrogen-bond donors (Lipinski definition) is 2. The van der Waals surface area contributed by atoms with Crippen molar-refractivity contribution in [3.63, 3.8) is 0 Å². The Balaban J connectivity index is 1.50. The molecule has 1 amide bonds. The first-order valence-electron chi connectivity index (χ1n) is 12.1. The topological polar surface area (TPSA) is 101 Å². The smallest absolute Gasteiger partial charge is 0.251 e. The third-order valence-electron chi connectivity index (χ3n) is 6.44. The summed E-state index contributed by atoms with van der Waals surface area (Å²) in [6.45, 7) is 5.27. The Morgan fingerprint density at radius 1 is 1.21 bits per heavy atom. The minimum absolute atomic E-state index is 0.0231. The number of carbonyl (C=O) groups excluding carboxylic acids is 1. The molecule has 5 rings (SSSR count). The van der Waals surface area contributed by atoms with Crippen molar-refractivity contribution >= 4 is 34.3 Å². The molecule has 2 aromatic carbocycles. The number of fused-ring (bicyclic) bond motifs is 1. The number of nitrogens with zero attached hydrogens (tertiary/aromatic N) is 4. The summed E-state index contributed by atoms with van der Waals surface area (Å²) in [5, 5.41) is 5.96. The summed E-state index contributed by atoms with van der Waals surface area (Å²) in [5.41, 5.74) is 2.86. The zero-order valence-electron chi connectivity index (χ0n) is 21.1. The predicted octanol–water partition coefficient (Wildman–Crippen LogP) is 4.09. The lowest BCUT2D eigenvalue weighted by atomic mass is 10.0. The van der Waals surface area contributed by atoms with Crippen LogP contribution in [0.3, 0.4) is 0 Å². The zero-order chi connectivity index (χ0) is 26.8. The van der Waals surface area contributed by atoms with Gasteiger partial charge in [0, 0.05) is 37.5 Å². The largest absolute Gasteiger partial charge is 0.487 e. The van der Waals surface area contributed by atoms with E-state index in [1.165, 1.54) is 28.8 Å². The molecule has 0 saturated carbocycles. The summed E-state index contributed by atoms with van der Waals surface area (Å²) in [7, 11) is 3.67. The number of hydrogen-bond acceptors (Lipinski definition) is 7. The van der Waals surface area contributed by atoms with E-state index < -0.39 is 5.82 Å². The number of nitrogens with one attached hydrogen (secondary N) is 2. The second kappa shape index (κ2) is 10.4. The maximum absolute atomic E-state index is 14.0. The van der Waals surface area contributed by atoms with Crippen molar-refractivity contribution in [2.24, 2.45) is 7.05 Å². The quantitative estimate of drug-likeness (QED) is 0.358. The molecule has 2 N–H and O–H groups in total. The fourth-order valence-electron chi connectivity index (χ4n) is 4.45. The molecule has 0 bridgehead atoms. The van der Waals surface area contributed by atoms with Gasteiger partial charge in [0.1, 0.15) is 23.2 Å². The lowest BCUT2D eigenvalue weighted by molar-refractivity contribution is -0.111. The summed E-state index contributed by atoms with van der Waals surface area (Å²) in [4.78, 5) is 35.9. The van der Waals surface area contributed by atoms with E-state index >= 15 is 0 Å². The fourth-order valence-corrected chi connectivity index (χ4v) is 4.45. The van der Waals surface area contributed by atoms with Gasteiger partial charge in [0.15, 0.2) is 0 Å². The molecule has 9 nitrogen and oxygen atoms in total. The molecule has 4 aromatic rings. The van der Waals surface area contributed by atoms with Crippen molar-refractivity contribution < 1.29 is 13.9 Å². The van der Waals surface area contributed by atoms with Crippen LogP contribution in [0, 0.1) is 5.82 Å². The Bertz CT molecular complexity index is 1600. The average molecular weight is 515 g/mol. The molecule has 1 saturated heterocycles. The van der Waals surface area contributed by atoms with Crippen molar-refractivity contribution in [3.8, 4) is 16.9 Å². The predicted molar refractivity (Wildman–Crippen MR) is 145 cm³/mol. The number of amides is 1. The van der Waals surface area contributed by atoms with Gasteiger partial charge in [-0.25, -0.2) is 14.4 Å². The van der Waals surface area contributed by atoms with Crippen LogP contribution in [0.25, 0.3) is 22.2 Å². The highest BCUT2D eigenvalue weighted by atomic mass is 19.1. The number of anilines is 3. The second-order valence-electron chi connectivity index (χ2n) is 9.21. The first-order chi connectivity index (χ1) is 18.3. The number of likely N-dealkylation sites (N-methyl/N-ethyl adjacent to an activating group) is 1. The number of halogens is 1. The van der Waals surface area contributed by atoms with Gasteiger partial charge < -0.3 is 24.8 Å². The molecular weight excluding hydrogens is 487 g/mol. The molecule has 10 heteroatoms. The number of carbonyl (C=O) groups is 1. The molecule has 1 fully saturated rings. The lowest BCUT2D eigenvalue weighted by Crippen LogP contribution is -2.22. The van der Waals surface area contributed by atoms with Gasteiger partial charge in [0.2, 0.25) is 11.9 Å². The van der Waals surface area contributed by atoms with Gasteiger partial charge in [-0.3, -0.25) is 9.59 Å². The van der Waals surface area contributed by atoms with Gasteiger partial charge in [-0.1, -0.05) is 18.7 Å². The maximum Gasteiger partial charge on any atom is 0.251 e. The Kier molecular flexibility index (Phi) is 6.89. The van der Waals surface area contributed by atoms with E-state index in [9.17, 15) is 14.0 Å². The molecule has 1 aliphatic rings. The molecule has 0 radical (unpaired) electrons. The maximum atomic E-state index is 14.0. The first-order valence-corrected chi connectivity index (χ1v) is 12.1. The highest BCUT2D eigenvalue weighted by Gasteiger charge is 2.22. The van der Waals surface area contributed by atoms with Crippen molar-refractivity contribution in [2.75, 3.05) is 30.8 Å². The monoisotopic (exact) mass is 514 g/mol. The average Bonchev–Trinajstić information content (AvgIpc) is 3.32. The van der Waals surface area contributed by atoms with Crippen LogP contribution in [0.5, 0.6) is 5.75 Å². The van der Waals surface area contributed by atoms with E-state index in [4.69, 9.17) is 4.74 Å². The van der Waals surface area contributed by atoms with Crippen LogP contribution < -0.4 is 20.9 Å². The van der Waals surface area contributed by atoms with Crippen molar-refractivity contribution in [1.82, 2.24) is 19.4 Å². The minimum Gasteiger partial charge on any atom is -0.487 e. The number of aryl methyl sites for hydroxylation is 1. The molecule has 194 valence electrons. The Morgan fingerprint density at radius 3 is 2.79 bits per heavy atom. The highest BCUT2D eigenvalue weighted by molar-refractivity contribution is 6.00. The lowest BCUT2D eigenvalue weighted by Gasteiger charge is -2.18. The van der Waals surface area contributed by atoms with Crippen LogP contribution in [-0.2, 0) is 11.8 Å². The van der Waals surface area contributed by atoms with Gasteiger partial charge in [0.25, 0.3) is 5.56 Å². The van der Waals surface area contributed by atoms with Crippen LogP contribution in [0.2, 0.25) is 0 Å². The summed E-state index contributed by atoms with van der Waals surface area (Å²) in [5.74, 6) is 0.0392. The molecule has 38 heavy (non-hydrogen) atoms. The molecule has 0 spiro atoms. The van der Waals surface area contributed by atoms with Gasteiger partial charge in [-0.2, -0.15) is 0 Å². The highest BCUT2D eigenvalue weighted by Crippen LogP contribution is 2.32. The van der Waals surface area contributed by atoms with E-state index in [0.29, 0.717) is 39.3 Å². The van der Waals surface area contributed by atoms with Gasteiger partial charge in [0.05, 0.1) is 17.4 Å². The molecular formula is C28H27FN6O3. The summed E-state index contributed by atoms with van der Waals surface area (Å²) < 4.78 is 21.6. The molecule has 1 atom stereocenters. The van der Waals surface area contributed by atoms with Crippen LogP contribution in [-0.4, -0.2) is 51.6 Å². The number of benzene rings is 2. The standard InChI is InChI=1S/C28H27FN6O3/c1-4-25(36)32-22-13-19(8-9-24(22)38-20-10-11-34(2)16-20)31-28-30-15-23-27(33-28)21(14-26(37)35(23)3)17-6-5-7-18(29)12-17/h4-9,12-15,20H,1,10-11,16H2,2-3H3,(H,32,36)(H,30,31,33). The number of aromatic nitrogens is 3. The number of rotatable bonds is 7. The van der Waals surface area contributed by atoms with Crippen molar-refractivity contribution in [3.05, 3.63) is 83.6 Å². The first kappa shape index (κ1) is 25.1. The molecule has 0 aliphatic carbocycles. The SMILES string of the molecule is C=CC(=O)Nc1cc(Nc2ncc3c(n2)c(-c2cccc(F)c2)cc(=O)n3C)ccc1OC1CCN(C)C1. The van der Waals surface area contributed by atoms with E-state index in [-0.39, 0.29) is 23.5 Å². The fraction of sp³-hybridized carbons (Fsp3) is 0.214. The van der Waals surface area contributed by atoms with Crippen LogP contribution in [0.15, 0.2) is 72.2 Å². The van der Waals surface area contributed by atoms with Gasteiger partial charge in [-0.15, -0.1) is 0 Å². The Hall–Kier alpha value is -4.57. The van der Waals surface area contributed by atoms with Crippen LogP contribution in [0.1, 0.15) is 6.42 Å². The van der Waals surface area contributed by atoms with Crippen LogP contribution >= 0.6 is 0 Å². The molecule has 3 heterocycles. The molecule has 2 aromatic heterocycles. The number of likely N-dealkylation sites (tertiary alicyclic amines) is 1. The summed E-state index contributed by atoms with van der Waals surface area (Å²) in [6.07, 6.45) is 3.66. The third kappa shape index (κ3) is 5.25. The normalized spacial score (nSPS) is 15.4. The van der Waals surface area contributed by atoms with Crippen molar-refractivity contribution in [1.29, 1.82) is 0 Å². The molecule has 1 unspecified atom stereocenters. The minimum atomic E-state index is -0.413. The Labute approximate surface area is 218 Å².